The van der Waals surface area contributed by atoms with E-state index < -0.39 is 11.6 Å². The number of aryl methyl sites for hydroxylation is 1. The minimum atomic E-state index is -1.06. The first-order chi connectivity index (χ1) is 18.0. The molecule has 0 bridgehead atoms. The van der Waals surface area contributed by atoms with Crippen LogP contribution < -0.4 is 15.4 Å². The zero-order valence-corrected chi connectivity index (χ0v) is 20.6. The number of amides is 1. The lowest BCUT2D eigenvalue weighted by Gasteiger charge is -2.17. The first kappa shape index (κ1) is 24.4. The highest BCUT2D eigenvalue weighted by atomic mass is 19.2. The Labute approximate surface area is 213 Å². The van der Waals surface area contributed by atoms with E-state index in [4.69, 9.17) is 4.74 Å². The number of fused-ring (bicyclic) bond motifs is 1. The van der Waals surface area contributed by atoms with Gasteiger partial charge in [0, 0.05) is 35.2 Å². The summed E-state index contributed by atoms with van der Waals surface area (Å²) in [6, 6.07) is 8.43. The minimum Gasteiger partial charge on any atom is -0.494 e. The molecule has 7 nitrogen and oxygen atoms in total. The van der Waals surface area contributed by atoms with Gasteiger partial charge in [-0.05, 0) is 68.5 Å². The average molecular weight is 504 g/mol. The topological polar surface area (TPSA) is 80.5 Å². The smallest absolute Gasteiger partial charge is 0.251 e. The summed E-state index contributed by atoms with van der Waals surface area (Å²) in [4.78, 5) is 21.6. The van der Waals surface area contributed by atoms with Crippen molar-refractivity contribution in [2.75, 3.05) is 12.4 Å². The second-order valence-corrected chi connectivity index (χ2v) is 9.02. The van der Waals surface area contributed by atoms with Crippen LogP contribution in [0.1, 0.15) is 41.6 Å². The molecular weight excluding hydrogens is 476 g/mol. The van der Waals surface area contributed by atoms with Crippen molar-refractivity contribution in [1.82, 2.24) is 19.7 Å². The maximum atomic E-state index is 14.7. The van der Waals surface area contributed by atoms with Gasteiger partial charge in [-0.3, -0.25) is 9.20 Å². The lowest BCUT2D eigenvalue weighted by Crippen LogP contribution is -2.34. The van der Waals surface area contributed by atoms with Crippen LogP contribution in [0.15, 0.2) is 61.1 Å². The summed E-state index contributed by atoms with van der Waals surface area (Å²) in [5, 5.41) is 6.37. The number of rotatable bonds is 6. The molecule has 190 valence electrons. The maximum Gasteiger partial charge on any atom is 0.251 e. The molecule has 4 aromatic rings. The van der Waals surface area contributed by atoms with E-state index in [1.807, 2.05) is 19.1 Å². The van der Waals surface area contributed by atoms with Crippen molar-refractivity contribution in [1.29, 1.82) is 0 Å². The molecule has 1 unspecified atom stereocenters. The minimum absolute atomic E-state index is 0.0540. The van der Waals surface area contributed by atoms with Crippen molar-refractivity contribution in [2.24, 2.45) is 0 Å². The number of imidazole rings is 1. The number of ether oxygens (including phenoxy) is 1. The third-order valence-corrected chi connectivity index (χ3v) is 6.55. The Kier molecular flexibility index (Phi) is 6.85. The Balaban J connectivity index is 1.38. The number of methoxy groups -OCH3 is 1. The van der Waals surface area contributed by atoms with Crippen molar-refractivity contribution >= 4 is 23.1 Å². The SMILES string of the molecule is COc1ccc(-c2cnc3c(Nc4ccc(C(=O)NC5CC=CCCC5)c(C)c4)nccn23)c(F)c1F. The molecule has 2 heterocycles. The Morgan fingerprint density at radius 1 is 1.14 bits per heavy atom. The number of hydrogen-bond acceptors (Lipinski definition) is 5. The fourth-order valence-electron chi connectivity index (χ4n) is 4.60. The second-order valence-electron chi connectivity index (χ2n) is 9.02. The Morgan fingerprint density at radius 2 is 2.00 bits per heavy atom. The molecule has 1 aliphatic rings. The number of hydrogen-bond donors (Lipinski definition) is 2. The Hall–Kier alpha value is -4.27. The molecule has 5 rings (SSSR count). The Morgan fingerprint density at radius 3 is 2.81 bits per heavy atom. The number of nitrogens with one attached hydrogen (secondary N) is 2. The van der Waals surface area contributed by atoms with Crippen molar-refractivity contribution in [3.8, 4) is 17.0 Å². The zero-order chi connectivity index (χ0) is 25.9. The van der Waals surface area contributed by atoms with E-state index in [0.717, 1.165) is 36.9 Å². The fraction of sp³-hybridized carbons (Fsp3) is 0.250. The van der Waals surface area contributed by atoms with E-state index in [9.17, 15) is 13.6 Å². The number of carbonyl (C=O) groups excluding carboxylic acids is 1. The largest absolute Gasteiger partial charge is 0.494 e. The molecule has 2 aromatic carbocycles. The highest BCUT2D eigenvalue weighted by Crippen LogP contribution is 2.31. The molecule has 0 saturated heterocycles. The molecule has 2 N–H and O–H groups in total. The van der Waals surface area contributed by atoms with Gasteiger partial charge in [-0.2, -0.15) is 4.39 Å². The van der Waals surface area contributed by atoms with Crippen molar-refractivity contribution in [3.05, 3.63) is 83.8 Å². The van der Waals surface area contributed by atoms with Crippen LogP contribution in [0.5, 0.6) is 5.75 Å². The van der Waals surface area contributed by atoms with Gasteiger partial charge < -0.3 is 15.4 Å². The number of carbonyl (C=O) groups is 1. The maximum absolute atomic E-state index is 14.7. The first-order valence-corrected chi connectivity index (χ1v) is 12.1. The number of benzene rings is 2. The van der Waals surface area contributed by atoms with Crippen molar-refractivity contribution in [2.45, 2.75) is 38.6 Å². The summed E-state index contributed by atoms with van der Waals surface area (Å²) in [5.41, 5.74) is 3.02. The lowest BCUT2D eigenvalue weighted by molar-refractivity contribution is 0.0934. The van der Waals surface area contributed by atoms with E-state index >= 15 is 0 Å². The number of anilines is 2. The third-order valence-electron chi connectivity index (χ3n) is 6.55. The molecular formula is C28H27F2N5O2. The standard InChI is InChI=1S/C28H27F2N5O2/c1-17-15-19(9-10-20(17)28(36)34-18-7-5-3-4-6-8-18)33-26-27-32-16-22(35(27)14-13-31-26)21-11-12-23(37-2)25(30)24(21)29/h3,5,9-16,18H,4,6-8H2,1-2H3,(H,31,33)(H,34,36). The van der Waals surface area contributed by atoms with Gasteiger partial charge in [0.2, 0.25) is 5.82 Å². The predicted octanol–water partition coefficient (Wildman–Crippen LogP) is 5.96. The fourth-order valence-corrected chi connectivity index (χ4v) is 4.60. The monoisotopic (exact) mass is 503 g/mol. The lowest BCUT2D eigenvalue weighted by atomic mass is 10.0. The summed E-state index contributed by atoms with van der Waals surface area (Å²) >= 11 is 0. The normalized spacial score (nSPS) is 15.4. The number of aromatic nitrogens is 3. The number of allylic oxidation sites excluding steroid dienone is 1. The summed E-state index contributed by atoms with van der Waals surface area (Å²) in [7, 11) is 1.28. The van der Waals surface area contributed by atoms with Gasteiger partial charge in [0.15, 0.2) is 23.0 Å². The molecule has 0 fully saturated rings. The quantitative estimate of drug-likeness (QED) is 0.317. The van der Waals surface area contributed by atoms with Gasteiger partial charge in [0.05, 0.1) is 19.0 Å². The highest BCUT2D eigenvalue weighted by molar-refractivity contribution is 5.96. The predicted molar refractivity (Wildman–Crippen MR) is 138 cm³/mol. The molecule has 0 radical (unpaired) electrons. The molecule has 1 aliphatic carbocycles. The molecule has 37 heavy (non-hydrogen) atoms. The third kappa shape index (κ3) is 4.89. The number of halogens is 2. The van der Waals surface area contributed by atoms with Gasteiger partial charge in [-0.15, -0.1) is 0 Å². The van der Waals surface area contributed by atoms with E-state index in [1.165, 1.54) is 25.4 Å². The van der Waals surface area contributed by atoms with Crippen LogP contribution in [0.4, 0.5) is 20.3 Å². The van der Waals surface area contributed by atoms with Crippen LogP contribution in [0.25, 0.3) is 16.9 Å². The molecule has 1 atom stereocenters. The van der Waals surface area contributed by atoms with Crippen LogP contribution >= 0.6 is 0 Å². The van der Waals surface area contributed by atoms with Gasteiger partial charge in [0.1, 0.15) is 0 Å². The molecule has 2 aromatic heterocycles. The Bertz CT molecular complexity index is 1500. The summed E-state index contributed by atoms with van der Waals surface area (Å²) < 4.78 is 35.5. The highest BCUT2D eigenvalue weighted by Gasteiger charge is 2.20. The van der Waals surface area contributed by atoms with Crippen molar-refractivity contribution < 1.29 is 18.3 Å². The van der Waals surface area contributed by atoms with Crippen LogP contribution in [0, 0.1) is 18.6 Å². The second kappa shape index (κ2) is 10.4. The van der Waals surface area contributed by atoms with Crippen LogP contribution in [-0.4, -0.2) is 33.4 Å². The van der Waals surface area contributed by atoms with Gasteiger partial charge in [-0.25, -0.2) is 14.4 Å². The molecule has 0 aliphatic heterocycles. The molecule has 0 spiro atoms. The van der Waals surface area contributed by atoms with Crippen LogP contribution in [0.2, 0.25) is 0 Å². The summed E-state index contributed by atoms with van der Waals surface area (Å²) in [6.45, 7) is 1.88. The molecule has 1 amide bonds. The van der Waals surface area contributed by atoms with E-state index in [-0.39, 0.29) is 23.3 Å². The number of nitrogens with zero attached hydrogens (tertiary/aromatic N) is 3. The van der Waals surface area contributed by atoms with Crippen LogP contribution in [0.3, 0.4) is 0 Å². The van der Waals surface area contributed by atoms with Gasteiger partial charge in [-0.1, -0.05) is 12.2 Å². The summed E-state index contributed by atoms with van der Waals surface area (Å²) in [6.07, 6.45) is 12.9. The van der Waals surface area contributed by atoms with Crippen molar-refractivity contribution in [3.63, 3.8) is 0 Å². The first-order valence-electron chi connectivity index (χ1n) is 12.1. The van der Waals surface area contributed by atoms with Gasteiger partial charge >= 0.3 is 0 Å². The zero-order valence-electron chi connectivity index (χ0n) is 20.6. The van der Waals surface area contributed by atoms with Gasteiger partial charge in [0.25, 0.3) is 5.91 Å². The van der Waals surface area contributed by atoms with E-state index in [1.54, 1.807) is 22.9 Å². The molecule has 9 heteroatoms. The average Bonchev–Trinajstić information content (AvgIpc) is 3.15. The molecule has 0 saturated carbocycles. The van der Waals surface area contributed by atoms with Crippen LogP contribution in [-0.2, 0) is 0 Å². The summed E-state index contributed by atoms with van der Waals surface area (Å²) in [5.74, 6) is -1.90. The van der Waals surface area contributed by atoms with E-state index in [2.05, 4.69) is 32.8 Å². The van der Waals surface area contributed by atoms with E-state index in [0.29, 0.717) is 22.7 Å².